The number of hydrogen-bond donors (Lipinski definition) is 0. The molecule has 0 saturated carbocycles. The summed E-state index contributed by atoms with van der Waals surface area (Å²) in [5, 5.41) is 0. The smallest absolute Gasteiger partial charge is 0.307 e. The number of thiazole rings is 1. The predicted octanol–water partition coefficient (Wildman–Crippen LogP) is 3.41. The van der Waals surface area contributed by atoms with Gasteiger partial charge in [-0.15, -0.1) is 0 Å². The standard InChI is InChI=1S/C21H22N2O5S/c1-4-28-16-8-9-17-18(13-16)29-21(23(17)11-10-19(24)27-3)22-20(25)14-6-5-7-15(12-14)26-2/h5-9,12-13H,4,10-11H2,1-3H3. The Bertz CT molecular complexity index is 1100. The number of fused-ring (bicyclic) bond motifs is 1. The zero-order valence-corrected chi connectivity index (χ0v) is 17.3. The van der Waals surface area contributed by atoms with Crippen molar-refractivity contribution in [1.82, 2.24) is 4.57 Å². The number of aromatic nitrogens is 1. The van der Waals surface area contributed by atoms with Gasteiger partial charge in [0.1, 0.15) is 11.5 Å². The van der Waals surface area contributed by atoms with Crippen molar-refractivity contribution < 1.29 is 23.8 Å². The molecule has 0 aliphatic carbocycles. The predicted molar refractivity (Wildman–Crippen MR) is 111 cm³/mol. The second kappa shape index (κ2) is 9.38. The maximum Gasteiger partial charge on any atom is 0.307 e. The number of benzene rings is 2. The Morgan fingerprint density at radius 1 is 1.10 bits per heavy atom. The molecule has 7 nitrogen and oxygen atoms in total. The van der Waals surface area contributed by atoms with Crippen molar-refractivity contribution in [3.05, 3.63) is 52.8 Å². The van der Waals surface area contributed by atoms with Gasteiger partial charge < -0.3 is 18.8 Å². The molecule has 3 rings (SSSR count). The number of carbonyl (C=O) groups excluding carboxylic acids is 2. The molecule has 8 heteroatoms. The lowest BCUT2D eigenvalue weighted by molar-refractivity contribution is -0.140. The van der Waals surface area contributed by atoms with Gasteiger partial charge in [0.2, 0.25) is 0 Å². The Labute approximate surface area is 172 Å². The summed E-state index contributed by atoms with van der Waals surface area (Å²) in [5.74, 6) is 0.620. The topological polar surface area (TPSA) is 79.1 Å². The summed E-state index contributed by atoms with van der Waals surface area (Å²) < 4.78 is 18.3. The Kier molecular flexibility index (Phi) is 6.66. The van der Waals surface area contributed by atoms with E-state index in [0.29, 0.717) is 29.3 Å². The summed E-state index contributed by atoms with van der Waals surface area (Å²) in [6.07, 6.45) is 0.177. The molecule has 0 spiro atoms. The highest BCUT2D eigenvalue weighted by Crippen LogP contribution is 2.24. The van der Waals surface area contributed by atoms with Crippen LogP contribution in [0.4, 0.5) is 0 Å². The van der Waals surface area contributed by atoms with Gasteiger partial charge in [-0.3, -0.25) is 9.59 Å². The number of rotatable bonds is 7. The van der Waals surface area contributed by atoms with Crippen molar-refractivity contribution in [2.24, 2.45) is 4.99 Å². The SMILES string of the molecule is CCOc1ccc2c(c1)sc(=NC(=O)c1cccc(OC)c1)n2CCC(=O)OC. The first kappa shape index (κ1) is 20.6. The average molecular weight is 414 g/mol. The third kappa shape index (κ3) is 4.83. The molecule has 0 atom stereocenters. The van der Waals surface area contributed by atoms with Crippen LogP contribution in [0.25, 0.3) is 10.2 Å². The molecular formula is C21H22N2O5S. The van der Waals surface area contributed by atoms with Crippen LogP contribution in [0.5, 0.6) is 11.5 Å². The summed E-state index contributed by atoms with van der Waals surface area (Å²) in [6, 6.07) is 12.5. The lowest BCUT2D eigenvalue weighted by Crippen LogP contribution is -2.19. The van der Waals surface area contributed by atoms with Crippen LogP contribution in [0.1, 0.15) is 23.7 Å². The maximum atomic E-state index is 12.7. The number of ether oxygens (including phenoxy) is 3. The zero-order chi connectivity index (χ0) is 20.8. The normalized spacial score (nSPS) is 11.5. The molecule has 0 unspecified atom stereocenters. The second-order valence-electron chi connectivity index (χ2n) is 6.07. The highest BCUT2D eigenvalue weighted by Gasteiger charge is 2.12. The van der Waals surface area contributed by atoms with E-state index in [1.807, 2.05) is 29.7 Å². The fourth-order valence-electron chi connectivity index (χ4n) is 2.82. The van der Waals surface area contributed by atoms with Crippen LogP contribution in [0.3, 0.4) is 0 Å². The monoisotopic (exact) mass is 414 g/mol. The first-order valence-electron chi connectivity index (χ1n) is 9.11. The molecule has 0 N–H and O–H groups in total. The van der Waals surface area contributed by atoms with Crippen molar-refractivity contribution in [2.75, 3.05) is 20.8 Å². The Hall–Kier alpha value is -3.13. The van der Waals surface area contributed by atoms with E-state index in [2.05, 4.69) is 4.99 Å². The molecule has 0 aliphatic heterocycles. The molecule has 0 radical (unpaired) electrons. The largest absolute Gasteiger partial charge is 0.497 e. The van der Waals surface area contributed by atoms with E-state index in [1.165, 1.54) is 18.4 Å². The molecule has 2 aromatic carbocycles. The van der Waals surface area contributed by atoms with Gasteiger partial charge in [0, 0.05) is 12.1 Å². The molecule has 0 aliphatic rings. The van der Waals surface area contributed by atoms with E-state index >= 15 is 0 Å². The molecule has 29 heavy (non-hydrogen) atoms. The van der Waals surface area contributed by atoms with E-state index in [9.17, 15) is 9.59 Å². The van der Waals surface area contributed by atoms with Gasteiger partial charge in [-0.2, -0.15) is 4.99 Å². The molecule has 1 aromatic heterocycles. The number of nitrogens with zero attached hydrogens (tertiary/aromatic N) is 2. The summed E-state index contributed by atoms with van der Waals surface area (Å²) in [7, 11) is 2.90. The molecule has 0 bridgehead atoms. The van der Waals surface area contributed by atoms with Gasteiger partial charge in [0.15, 0.2) is 4.80 Å². The minimum Gasteiger partial charge on any atom is -0.497 e. The molecule has 1 amide bonds. The van der Waals surface area contributed by atoms with Crippen molar-refractivity contribution >= 4 is 33.4 Å². The number of aryl methyl sites for hydroxylation is 1. The van der Waals surface area contributed by atoms with E-state index in [4.69, 9.17) is 14.2 Å². The van der Waals surface area contributed by atoms with Gasteiger partial charge in [-0.05, 0) is 43.3 Å². The van der Waals surface area contributed by atoms with E-state index in [1.54, 1.807) is 31.4 Å². The van der Waals surface area contributed by atoms with Gasteiger partial charge >= 0.3 is 5.97 Å². The number of amides is 1. The summed E-state index contributed by atoms with van der Waals surface area (Å²) in [5.41, 5.74) is 1.30. The number of methoxy groups -OCH3 is 2. The third-order valence-corrected chi connectivity index (χ3v) is 5.29. The van der Waals surface area contributed by atoms with Crippen molar-refractivity contribution in [1.29, 1.82) is 0 Å². The van der Waals surface area contributed by atoms with Gasteiger partial charge in [-0.1, -0.05) is 17.4 Å². The lowest BCUT2D eigenvalue weighted by atomic mass is 10.2. The molecular weight excluding hydrogens is 392 g/mol. The molecule has 0 saturated heterocycles. The fraction of sp³-hybridized carbons (Fsp3) is 0.286. The van der Waals surface area contributed by atoms with Crippen LogP contribution in [0.2, 0.25) is 0 Å². The van der Waals surface area contributed by atoms with Crippen molar-refractivity contribution in [3.63, 3.8) is 0 Å². The molecule has 1 heterocycles. The fourth-order valence-corrected chi connectivity index (χ4v) is 3.91. The Morgan fingerprint density at radius 3 is 2.66 bits per heavy atom. The lowest BCUT2D eigenvalue weighted by Gasteiger charge is -2.06. The van der Waals surface area contributed by atoms with Crippen LogP contribution >= 0.6 is 11.3 Å². The minimum absolute atomic E-state index is 0.177. The van der Waals surface area contributed by atoms with Gasteiger partial charge in [0.05, 0.1) is 37.5 Å². The van der Waals surface area contributed by atoms with Crippen LogP contribution < -0.4 is 14.3 Å². The quantitative estimate of drug-likeness (QED) is 0.554. The van der Waals surface area contributed by atoms with Gasteiger partial charge in [0.25, 0.3) is 5.91 Å². The maximum absolute atomic E-state index is 12.7. The molecule has 3 aromatic rings. The Morgan fingerprint density at radius 2 is 1.93 bits per heavy atom. The summed E-state index contributed by atoms with van der Waals surface area (Å²) in [4.78, 5) is 29.2. The molecule has 152 valence electrons. The zero-order valence-electron chi connectivity index (χ0n) is 16.5. The van der Waals surface area contributed by atoms with Crippen molar-refractivity contribution in [3.8, 4) is 11.5 Å². The van der Waals surface area contributed by atoms with E-state index in [-0.39, 0.29) is 18.3 Å². The average Bonchev–Trinajstić information content (AvgIpc) is 3.08. The van der Waals surface area contributed by atoms with Crippen LogP contribution in [0, 0.1) is 0 Å². The first-order valence-corrected chi connectivity index (χ1v) is 9.93. The van der Waals surface area contributed by atoms with E-state index in [0.717, 1.165) is 16.0 Å². The first-order chi connectivity index (χ1) is 14.0. The second-order valence-corrected chi connectivity index (χ2v) is 7.08. The number of esters is 1. The number of hydrogen-bond acceptors (Lipinski definition) is 6. The van der Waals surface area contributed by atoms with Crippen molar-refractivity contribution in [2.45, 2.75) is 19.9 Å². The summed E-state index contributed by atoms with van der Waals surface area (Å²) in [6.45, 7) is 2.83. The highest BCUT2D eigenvalue weighted by atomic mass is 32.1. The molecule has 0 fully saturated rings. The minimum atomic E-state index is -0.382. The van der Waals surface area contributed by atoms with Crippen LogP contribution in [0.15, 0.2) is 47.5 Å². The number of carbonyl (C=O) groups is 2. The third-order valence-electron chi connectivity index (χ3n) is 4.25. The van der Waals surface area contributed by atoms with Crippen LogP contribution in [-0.4, -0.2) is 37.3 Å². The van der Waals surface area contributed by atoms with Crippen LogP contribution in [-0.2, 0) is 16.1 Å². The summed E-state index contributed by atoms with van der Waals surface area (Å²) >= 11 is 1.37. The highest BCUT2D eigenvalue weighted by molar-refractivity contribution is 7.16. The van der Waals surface area contributed by atoms with Gasteiger partial charge in [-0.25, -0.2) is 0 Å². The Balaban J connectivity index is 2.06. The van der Waals surface area contributed by atoms with E-state index < -0.39 is 0 Å².